The number of hydrogen-bond donors (Lipinski definition) is 0. The molecule has 3 rings (SSSR count). The Balaban J connectivity index is 1.75. The second-order valence-corrected chi connectivity index (χ2v) is 4.75. The Labute approximate surface area is 98.7 Å². The van der Waals surface area contributed by atoms with Crippen molar-refractivity contribution < 1.29 is 23.8 Å². The molecule has 0 bridgehead atoms. The van der Waals surface area contributed by atoms with E-state index in [1.54, 1.807) is 0 Å². The van der Waals surface area contributed by atoms with Gasteiger partial charge in [0.15, 0.2) is 0 Å². The first-order chi connectivity index (χ1) is 8.08. The zero-order chi connectivity index (χ0) is 12.2. The zero-order valence-electron chi connectivity index (χ0n) is 9.66. The fourth-order valence-corrected chi connectivity index (χ4v) is 2.80. The number of rotatable bonds is 2. The van der Waals surface area contributed by atoms with E-state index in [1.165, 1.54) is 13.8 Å². The predicted molar refractivity (Wildman–Crippen MR) is 55.9 cm³/mol. The van der Waals surface area contributed by atoms with Gasteiger partial charge in [0.2, 0.25) is 0 Å². The fourth-order valence-electron chi connectivity index (χ4n) is 2.80. The van der Waals surface area contributed by atoms with E-state index < -0.39 is 0 Å². The monoisotopic (exact) mass is 238 g/mol. The molecule has 5 heteroatoms. The molecule has 6 atom stereocenters. The molecule has 2 aliphatic carbocycles. The topological polar surface area (TPSA) is 65.1 Å². The maximum absolute atomic E-state index is 11.0. The highest BCUT2D eigenvalue weighted by atomic mass is 16.7. The molecule has 92 valence electrons. The van der Waals surface area contributed by atoms with Gasteiger partial charge in [-0.2, -0.15) is 0 Å². The Kier molecular flexibility index (Phi) is 2.26. The van der Waals surface area contributed by atoms with Crippen LogP contribution in [0.4, 0.5) is 0 Å². The lowest BCUT2D eigenvalue weighted by atomic mass is 9.68. The second kappa shape index (κ2) is 3.57. The first-order valence-corrected chi connectivity index (χ1v) is 5.76. The normalized spacial score (nSPS) is 45.1. The molecule has 1 heterocycles. The van der Waals surface area contributed by atoms with Gasteiger partial charge in [0.1, 0.15) is 24.4 Å². The third-order valence-corrected chi connectivity index (χ3v) is 3.57. The van der Waals surface area contributed by atoms with Gasteiger partial charge < -0.3 is 14.2 Å². The third kappa shape index (κ3) is 1.65. The predicted octanol–water partition coefficient (Wildman–Crippen LogP) is 0.433. The summed E-state index contributed by atoms with van der Waals surface area (Å²) >= 11 is 0. The summed E-state index contributed by atoms with van der Waals surface area (Å²) in [7, 11) is 0. The molecule has 3 aliphatic rings. The number of esters is 2. The van der Waals surface area contributed by atoms with Crippen LogP contribution < -0.4 is 0 Å². The van der Waals surface area contributed by atoms with Gasteiger partial charge in [-0.05, 0) is 0 Å². The summed E-state index contributed by atoms with van der Waals surface area (Å²) in [5.74, 6) is -0.359. The van der Waals surface area contributed by atoms with E-state index in [0.29, 0.717) is 0 Å². The smallest absolute Gasteiger partial charge is 0.303 e. The molecule has 0 N–H and O–H groups in total. The Morgan fingerprint density at radius 1 is 0.941 bits per heavy atom. The highest BCUT2D eigenvalue weighted by Crippen LogP contribution is 2.50. The zero-order valence-corrected chi connectivity index (χ0v) is 9.66. The van der Waals surface area contributed by atoms with Crippen LogP contribution in [-0.2, 0) is 23.8 Å². The van der Waals surface area contributed by atoms with Crippen LogP contribution in [0.1, 0.15) is 13.8 Å². The Morgan fingerprint density at radius 3 is 1.65 bits per heavy atom. The average Bonchev–Trinajstić information content (AvgIpc) is 2.90. The molecule has 17 heavy (non-hydrogen) atoms. The summed E-state index contributed by atoms with van der Waals surface area (Å²) in [4.78, 5) is 22.0. The molecule has 0 unspecified atom stereocenters. The molecule has 2 fully saturated rings. The molecule has 1 saturated heterocycles. The van der Waals surface area contributed by atoms with Gasteiger partial charge in [0.25, 0.3) is 0 Å². The molecular weight excluding hydrogens is 224 g/mol. The molecule has 0 aromatic heterocycles. The first kappa shape index (κ1) is 10.8. The molecule has 0 aromatic carbocycles. The second-order valence-electron chi connectivity index (χ2n) is 4.75. The Hall–Kier alpha value is -1.36. The van der Waals surface area contributed by atoms with E-state index in [2.05, 4.69) is 0 Å². The van der Waals surface area contributed by atoms with Gasteiger partial charge in [-0.15, -0.1) is 0 Å². The van der Waals surface area contributed by atoms with Crippen molar-refractivity contribution in [2.45, 2.75) is 38.3 Å². The SMILES string of the molecule is CC(=O)O[C@@H]1[C@H]2C=C[C@H]2[C@H](OC(C)=O)[C@@H]2O[C@@H]21. The van der Waals surface area contributed by atoms with Crippen molar-refractivity contribution in [3.8, 4) is 0 Å². The standard InChI is InChI=1S/C12H14O5/c1-5(13)15-9-7-3-4-8(7)10(16-6(2)14)12-11(9)17-12/h3-4,7-12H,1-2H3/t7-,8+,9+,10-,11+,12-. The van der Waals surface area contributed by atoms with Crippen LogP contribution in [0.15, 0.2) is 12.2 Å². The van der Waals surface area contributed by atoms with Crippen molar-refractivity contribution in [2.75, 3.05) is 0 Å². The minimum atomic E-state index is -0.297. The average molecular weight is 238 g/mol. The van der Waals surface area contributed by atoms with Crippen LogP contribution in [0, 0.1) is 11.8 Å². The molecular formula is C12H14O5. The quantitative estimate of drug-likeness (QED) is 0.396. The van der Waals surface area contributed by atoms with E-state index >= 15 is 0 Å². The molecule has 0 amide bonds. The van der Waals surface area contributed by atoms with Gasteiger partial charge in [-0.25, -0.2) is 0 Å². The third-order valence-electron chi connectivity index (χ3n) is 3.57. The summed E-state index contributed by atoms with van der Waals surface area (Å²) in [6.07, 6.45) is 3.31. The summed E-state index contributed by atoms with van der Waals surface area (Å²) in [6.45, 7) is 2.79. The molecule has 1 saturated carbocycles. The van der Waals surface area contributed by atoms with E-state index in [-0.39, 0.29) is 48.2 Å². The van der Waals surface area contributed by atoms with Crippen LogP contribution in [0.2, 0.25) is 0 Å². The number of epoxide rings is 1. The van der Waals surface area contributed by atoms with Crippen LogP contribution in [0.25, 0.3) is 0 Å². The van der Waals surface area contributed by atoms with E-state index in [0.717, 1.165) is 0 Å². The van der Waals surface area contributed by atoms with Crippen molar-refractivity contribution in [3.05, 3.63) is 12.2 Å². The highest BCUT2D eigenvalue weighted by Gasteiger charge is 2.64. The van der Waals surface area contributed by atoms with Gasteiger partial charge in [-0.1, -0.05) is 12.2 Å². The van der Waals surface area contributed by atoms with Gasteiger partial charge in [0, 0.05) is 25.7 Å². The lowest BCUT2D eigenvalue weighted by molar-refractivity contribution is -0.160. The summed E-state index contributed by atoms with van der Waals surface area (Å²) in [5.41, 5.74) is 0. The first-order valence-electron chi connectivity index (χ1n) is 5.76. The van der Waals surface area contributed by atoms with Gasteiger partial charge >= 0.3 is 11.9 Å². The Morgan fingerprint density at radius 2 is 1.35 bits per heavy atom. The van der Waals surface area contributed by atoms with Crippen molar-refractivity contribution >= 4 is 11.9 Å². The minimum absolute atomic E-state index is 0.116. The minimum Gasteiger partial charge on any atom is -0.459 e. The van der Waals surface area contributed by atoms with Crippen molar-refractivity contribution in [1.29, 1.82) is 0 Å². The number of carbonyl (C=O) groups is 2. The number of carbonyl (C=O) groups excluding carboxylic acids is 2. The van der Waals surface area contributed by atoms with Crippen LogP contribution in [0.3, 0.4) is 0 Å². The lowest BCUT2D eigenvalue weighted by Crippen LogP contribution is -2.51. The summed E-state index contributed by atoms with van der Waals surface area (Å²) in [6, 6.07) is 0. The maximum atomic E-state index is 11.0. The highest BCUT2D eigenvalue weighted by molar-refractivity contribution is 5.67. The van der Waals surface area contributed by atoms with Crippen molar-refractivity contribution in [2.24, 2.45) is 11.8 Å². The number of ether oxygens (including phenoxy) is 3. The van der Waals surface area contributed by atoms with Gasteiger partial charge in [0.05, 0.1) is 0 Å². The van der Waals surface area contributed by atoms with Gasteiger partial charge in [-0.3, -0.25) is 9.59 Å². The maximum Gasteiger partial charge on any atom is 0.303 e. The molecule has 0 radical (unpaired) electrons. The largest absolute Gasteiger partial charge is 0.459 e. The summed E-state index contributed by atoms with van der Waals surface area (Å²) in [5, 5.41) is 0. The molecule has 0 spiro atoms. The molecule has 0 aromatic rings. The molecule has 1 aliphatic heterocycles. The lowest BCUT2D eigenvalue weighted by Gasteiger charge is -2.41. The number of hydrogen-bond acceptors (Lipinski definition) is 5. The fraction of sp³-hybridized carbons (Fsp3) is 0.667. The van der Waals surface area contributed by atoms with Crippen molar-refractivity contribution in [3.63, 3.8) is 0 Å². The van der Waals surface area contributed by atoms with E-state index in [4.69, 9.17) is 14.2 Å². The van der Waals surface area contributed by atoms with E-state index in [9.17, 15) is 9.59 Å². The number of fused-ring (bicyclic) bond motifs is 2. The summed E-state index contributed by atoms with van der Waals surface area (Å²) < 4.78 is 16.0. The Bertz CT molecular complexity index is 366. The van der Waals surface area contributed by atoms with Crippen LogP contribution in [0.5, 0.6) is 0 Å². The van der Waals surface area contributed by atoms with Crippen molar-refractivity contribution in [1.82, 2.24) is 0 Å². The van der Waals surface area contributed by atoms with Crippen LogP contribution >= 0.6 is 0 Å². The van der Waals surface area contributed by atoms with E-state index in [1.807, 2.05) is 12.2 Å². The van der Waals surface area contributed by atoms with Crippen LogP contribution in [-0.4, -0.2) is 36.4 Å². The molecule has 5 nitrogen and oxygen atoms in total.